The topological polar surface area (TPSA) is 86.4 Å². The van der Waals surface area contributed by atoms with Gasteiger partial charge in [-0.1, -0.05) is 24.9 Å². The molecule has 0 aliphatic heterocycles. The van der Waals surface area contributed by atoms with E-state index in [9.17, 15) is 4.79 Å². The van der Waals surface area contributed by atoms with Crippen LogP contribution < -0.4 is 15.0 Å². The van der Waals surface area contributed by atoms with Crippen LogP contribution in [0, 0.1) is 11.3 Å². The first-order chi connectivity index (χ1) is 13.9. The summed E-state index contributed by atoms with van der Waals surface area (Å²) in [6.07, 6.45) is 2.79. The minimum absolute atomic E-state index is 0.0122. The van der Waals surface area contributed by atoms with Gasteiger partial charge in [-0.15, -0.1) is 0 Å². The molecule has 1 unspecified atom stereocenters. The second-order valence-corrected chi connectivity index (χ2v) is 7.21. The average Bonchev–Trinajstić information content (AvgIpc) is 2.71. The van der Waals surface area contributed by atoms with E-state index in [4.69, 9.17) is 31.1 Å². The minimum atomic E-state index is -0.397. The third kappa shape index (κ3) is 5.96. The Morgan fingerprint density at radius 1 is 1.24 bits per heavy atom. The highest BCUT2D eigenvalue weighted by atomic mass is 35.5. The monoisotopic (exact) mass is 419 g/mol. The number of nitrogens with zero attached hydrogens (tertiary/aromatic N) is 3. The molecule has 1 heterocycles. The molecule has 156 valence electrons. The van der Waals surface area contributed by atoms with Gasteiger partial charge >= 0.3 is 0 Å². The molecule has 0 spiro atoms. The normalized spacial score (nSPS) is 11.9. The van der Waals surface area contributed by atoms with E-state index in [2.05, 4.69) is 18.1 Å². The number of nitriles is 1. The van der Waals surface area contributed by atoms with Gasteiger partial charge in [-0.05, 0) is 44.0 Å². The Bertz CT molecular complexity index is 921. The van der Waals surface area contributed by atoms with Gasteiger partial charge in [0.15, 0.2) is 10.8 Å². The number of hydrogen-bond acceptors (Lipinski definition) is 6. The summed E-state index contributed by atoms with van der Waals surface area (Å²) in [6.45, 7) is 6.15. The first-order valence-corrected chi connectivity index (χ1v) is 9.87. The summed E-state index contributed by atoms with van der Waals surface area (Å²) in [6, 6.07) is 7.40. The maximum Gasteiger partial charge on any atom is 0.289 e. The molecule has 1 atom stereocenters. The second kappa shape index (κ2) is 10.8. The number of methoxy groups -OCH3 is 1. The van der Waals surface area contributed by atoms with Crippen molar-refractivity contribution in [2.75, 3.05) is 20.3 Å². The summed E-state index contributed by atoms with van der Waals surface area (Å²) in [5.74, 6) is 0.924. The molecule has 0 fully saturated rings. The van der Waals surface area contributed by atoms with Crippen molar-refractivity contribution in [3.63, 3.8) is 0 Å². The van der Waals surface area contributed by atoms with Crippen molar-refractivity contribution in [2.24, 2.45) is 0 Å². The Balaban J connectivity index is 2.03. The molecular weight excluding hydrogens is 394 g/mol. The van der Waals surface area contributed by atoms with Gasteiger partial charge in [0.2, 0.25) is 0 Å². The quantitative estimate of drug-likeness (QED) is 0.582. The molecule has 8 heteroatoms. The number of benzene rings is 1. The minimum Gasteiger partial charge on any atom is -0.490 e. The van der Waals surface area contributed by atoms with E-state index in [1.807, 2.05) is 19.9 Å². The van der Waals surface area contributed by atoms with Crippen molar-refractivity contribution >= 4 is 11.6 Å². The molecule has 29 heavy (non-hydrogen) atoms. The zero-order chi connectivity index (χ0) is 21.4. The maximum absolute atomic E-state index is 12.2. The SMILES string of the molecule is CCCc1cc(C#N)ccc1OCC(COc1cnn(C(C)C)c(=O)c1Cl)OC. The number of hydrogen-bond donors (Lipinski definition) is 0. The highest BCUT2D eigenvalue weighted by Crippen LogP contribution is 2.23. The van der Waals surface area contributed by atoms with Crippen molar-refractivity contribution in [3.8, 4) is 17.6 Å². The van der Waals surface area contributed by atoms with E-state index in [-0.39, 0.29) is 36.1 Å². The molecule has 0 aliphatic carbocycles. The Kier molecular flexibility index (Phi) is 8.50. The predicted molar refractivity (Wildman–Crippen MR) is 111 cm³/mol. The van der Waals surface area contributed by atoms with Crippen LogP contribution in [0.25, 0.3) is 0 Å². The number of rotatable bonds is 10. The molecule has 0 bridgehead atoms. The number of aryl methyl sites for hydroxylation is 1. The average molecular weight is 420 g/mol. The molecule has 7 nitrogen and oxygen atoms in total. The molecule has 0 saturated heterocycles. The molecular formula is C21H26ClN3O4. The van der Waals surface area contributed by atoms with Gasteiger partial charge in [0, 0.05) is 7.11 Å². The van der Waals surface area contributed by atoms with Gasteiger partial charge in [-0.2, -0.15) is 10.4 Å². The summed E-state index contributed by atoms with van der Waals surface area (Å²) in [4.78, 5) is 12.2. The standard InChI is InChI=1S/C21H26ClN3O4/c1-5-6-16-9-15(10-23)7-8-18(16)28-12-17(27-4)13-29-19-11-24-25(14(2)3)21(26)20(19)22/h7-9,11,14,17H,5-6,12-13H2,1-4H3. The van der Waals surface area contributed by atoms with Crippen molar-refractivity contribution in [1.82, 2.24) is 9.78 Å². The summed E-state index contributed by atoms with van der Waals surface area (Å²) in [7, 11) is 1.56. The summed E-state index contributed by atoms with van der Waals surface area (Å²) >= 11 is 6.13. The maximum atomic E-state index is 12.2. The highest BCUT2D eigenvalue weighted by Gasteiger charge is 2.16. The van der Waals surface area contributed by atoms with Gasteiger partial charge in [-0.25, -0.2) is 4.68 Å². The molecule has 2 rings (SSSR count). The zero-order valence-electron chi connectivity index (χ0n) is 17.1. The van der Waals surface area contributed by atoms with Gasteiger partial charge < -0.3 is 14.2 Å². The molecule has 0 N–H and O–H groups in total. The molecule has 0 radical (unpaired) electrons. The van der Waals surface area contributed by atoms with Crippen LogP contribution in [-0.4, -0.2) is 36.2 Å². The van der Waals surface area contributed by atoms with Crippen LogP contribution in [0.4, 0.5) is 0 Å². The predicted octanol–water partition coefficient (Wildman–Crippen LogP) is 3.77. The van der Waals surface area contributed by atoms with E-state index in [1.165, 1.54) is 10.9 Å². The molecule has 0 aliphatic rings. The Labute approximate surface area is 175 Å². The van der Waals surface area contributed by atoms with Crippen LogP contribution in [0.3, 0.4) is 0 Å². The van der Waals surface area contributed by atoms with Gasteiger partial charge in [0.25, 0.3) is 5.56 Å². The molecule has 2 aromatic rings. The van der Waals surface area contributed by atoms with E-state index in [0.717, 1.165) is 18.4 Å². The lowest BCUT2D eigenvalue weighted by Gasteiger charge is -2.19. The fourth-order valence-corrected chi connectivity index (χ4v) is 2.89. The zero-order valence-corrected chi connectivity index (χ0v) is 17.9. The van der Waals surface area contributed by atoms with Gasteiger partial charge in [-0.3, -0.25) is 4.79 Å². The van der Waals surface area contributed by atoms with Crippen molar-refractivity contribution in [1.29, 1.82) is 5.26 Å². The Morgan fingerprint density at radius 2 is 1.93 bits per heavy atom. The summed E-state index contributed by atoms with van der Waals surface area (Å²) < 4.78 is 18.3. The van der Waals surface area contributed by atoms with E-state index < -0.39 is 5.56 Å². The summed E-state index contributed by atoms with van der Waals surface area (Å²) in [5.41, 5.74) is 1.18. The second-order valence-electron chi connectivity index (χ2n) is 6.83. The third-order valence-electron chi connectivity index (χ3n) is 4.29. The fourth-order valence-electron chi connectivity index (χ4n) is 2.70. The molecule has 0 saturated carbocycles. The van der Waals surface area contributed by atoms with Crippen LogP contribution in [0.5, 0.6) is 11.5 Å². The van der Waals surface area contributed by atoms with E-state index >= 15 is 0 Å². The van der Waals surface area contributed by atoms with Crippen LogP contribution in [-0.2, 0) is 11.2 Å². The number of aromatic nitrogens is 2. The van der Waals surface area contributed by atoms with Crippen LogP contribution >= 0.6 is 11.6 Å². The summed E-state index contributed by atoms with van der Waals surface area (Å²) in [5, 5.41) is 13.1. The highest BCUT2D eigenvalue weighted by molar-refractivity contribution is 6.31. The van der Waals surface area contributed by atoms with E-state index in [0.29, 0.717) is 11.3 Å². The van der Waals surface area contributed by atoms with E-state index in [1.54, 1.807) is 19.2 Å². The molecule has 0 amide bonds. The lowest BCUT2D eigenvalue weighted by atomic mass is 10.1. The third-order valence-corrected chi connectivity index (χ3v) is 4.64. The van der Waals surface area contributed by atoms with Gasteiger partial charge in [0.05, 0.1) is 23.9 Å². The number of ether oxygens (including phenoxy) is 3. The van der Waals surface area contributed by atoms with Crippen molar-refractivity contribution in [3.05, 3.63) is 50.9 Å². The van der Waals surface area contributed by atoms with Crippen LogP contribution in [0.15, 0.2) is 29.2 Å². The first-order valence-electron chi connectivity index (χ1n) is 9.49. The van der Waals surface area contributed by atoms with Crippen LogP contribution in [0.2, 0.25) is 5.02 Å². The molecule has 1 aromatic carbocycles. The number of halogens is 1. The largest absolute Gasteiger partial charge is 0.490 e. The smallest absolute Gasteiger partial charge is 0.289 e. The van der Waals surface area contributed by atoms with Crippen molar-refractivity contribution < 1.29 is 14.2 Å². The first kappa shape index (κ1) is 22.7. The van der Waals surface area contributed by atoms with Crippen molar-refractivity contribution in [2.45, 2.75) is 45.8 Å². The molecule has 1 aromatic heterocycles. The Hall–Kier alpha value is -2.56. The van der Waals surface area contributed by atoms with Gasteiger partial charge in [0.1, 0.15) is 25.1 Å². The lowest BCUT2D eigenvalue weighted by Crippen LogP contribution is -2.29. The fraction of sp³-hybridized carbons (Fsp3) is 0.476. The Morgan fingerprint density at radius 3 is 2.52 bits per heavy atom. The van der Waals surface area contributed by atoms with Crippen LogP contribution in [0.1, 0.15) is 44.4 Å². The lowest BCUT2D eigenvalue weighted by molar-refractivity contribution is 0.0233.